The molecule has 0 radical (unpaired) electrons. The molecule has 0 aliphatic carbocycles. The standard InChI is InChI=1S/C5H8NO6P/c1-3(7)6-4(5(8)9)2-12-13(10)11/h4H,2H2,1H3,(H,6,7)(H,8,9)/t4-/m0/s1. The fraction of sp³-hybridized carbons (Fsp3) is 0.600. The third kappa shape index (κ3) is 6.15. The molecular formula is C5H8NO6P. The number of aliphatic carboxylic acids is 1. The van der Waals surface area contributed by atoms with Crippen LogP contribution in [-0.4, -0.2) is 29.6 Å². The summed E-state index contributed by atoms with van der Waals surface area (Å²) in [7, 11) is -3.10. The van der Waals surface area contributed by atoms with Crippen molar-refractivity contribution in [1.82, 2.24) is 5.32 Å². The first kappa shape index (κ1) is 12.0. The van der Waals surface area contributed by atoms with Gasteiger partial charge in [0.05, 0.1) is 0 Å². The predicted molar refractivity (Wildman–Crippen MR) is 38.8 cm³/mol. The van der Waals surface area contributed by atoms with Gasteiger partial charge in [0.25, 0.3) is 0 Å². The third-order valence-corrected chi connectivity index (χ3v) is 1.38. The number of amides is 1. The van der Waals surface area contributed by atoms with Gasteiger partial charge in [0.1, 0.15) is 6.61 Å². The van der Waals surface area contributed by atoms with E-state index in [0.717, 1.165) is 6.92 Å². The van der Waals surface area contributed by atoms with Gasteiger partial charge in [-0.05, 0) is 4.57 Å². The summed E-state index contributed by atoms with van der Waals surface area (Å²) in [6.45, 7) is 0.515. The number of carboxylic acids is 1. The molecule has 0 aromatic heterocycles. The highest BCUT2D eigenvalue weighted by atomic mass is 31.1. The van der Waals surface area contributed by atoms with Crippen LogP contribution in [0.2, 0.25) is 0 Å². The molecule has 13 heavy (non-hydrogen) atoms. The van der Waals surface area contributed by atoms with E-state index in [1.54, 1.807) is 0 Å². The fourth-order valence-electron chi connectivity index (χ4n) is 0.555. The molecule has 8 heteroatoms. The Morgan fingerprint density at radius 2 is 2.23 bits per heavy atom. The summed E-state index contributed by atoms with van der Waals surface area (Å²) < 4.78 is 13.9. The quantitative estimate of drug-likeness (QED) is 0.538. The van der Waals surface area contributed by atoms with Crippen molar-refractivity contribution in [2.45, 2.75) is 13.0 Å². The molecule has 2 N–H and O–H groups in total. The second kappa shape index (κ2) is 5.58. The predicted octanol–water partition coefficient (Wildman–Crippen LogP) is -1.39. The van der Waals surface area contributed by atoms with Gasteiger partial charge in [0.2, 0.25) is 5.91 Å². The number of nitrogens with one attached hydrogen (secondary N) is 1. The third-order valence-electron chi connectivity index (χ3n) is 1.02. The van der Waals surface area contributed by atoms with Gasteiger partial charge in [-0.15, -0.1) is 4.52 Å². The maximum atomic E-state index is 10.4. The molecule has 0 saturated carbocycles. The molecular weight excluding hydrogens is 201 g/mol. The Kier molecular flexibility index (Phi) is 5.13. The molecule has 0 bridgehead atoms. The first-order valence-electron chi connectivity index (χ1n) is 3.20. The van der Waals surface area contributed by atoms with Crippen LogP contribution in [0.4, 0.5) is 0 Å². The van der Waals surface area contributed by atoms with Crippen molar-refractivity contribution in [1.29, 1.82) is 0 Å². The Morgan fingerprint density at radius 1 is 1.69 bits per heavy atom. The molecule has 0 aliphatic rings. The molecule has 1 unspecified atom stereocenters. The normalized spacial score (nSPS) is 13.2. The molecule has 0 aromatic carbocycles. The number of carbonyl (C=O) groups excluding carboxylic acids is 1. The summed E-state index contributed by atoms with van der Waals surface area (Å²) in [4.78, 5) is 30.7. The van der Waals surface area contributed by atoms with E-state index in [-0.39, 0.29) is 0 Å². The number of hydrogen-bond donors (Lipinski definition) is 2. The minimum Gasteiger partial charge on any atom is -0.566 e. The van der Waals surface area contributed by atoms with Crippen LogP contribution in [0.1, 0.15) is 6.92 Å². The van der Waals surface area contributed by atoms with Crippen LogP contribution < -0.4 is 10.2 Å². The zero-order chi connectivity index (χ0) is 10.4. The smallest absolute Gasteiger partial charge is 0.488 e. The van der Waals surface area contributed by atoms with Crippen molar-refractivity contribution in [3.05, 3.63) is 0 Å². The van der Waals surface area contributed by atoms with Gasteiger partial charge in [-0.1, -0.05) is 0 Å². The maximum absolute atomic E-state index is 10.4. The largest absolute Gasteiger partial charge is 0.566 e. The number of hydrogen-bond acceptors (Lipinski definition) is 5. The van der Waals surface area contributed by atoms with Crippen molar-refractivity contribution in [2.75, 3.05) is 6.61 Å². The Hall–Kier alpha value is -1.04. The fourth-order valence-corrected chi connectivity index (χ4v) is 0.826. The summed E-state index contributed by atoms with van der Waals surface area (Å²) in [5, 5.41) is 10.4. The molecule has 0 spiro atoms. The summed E-state index contributed by atoms with van der Waals surface area (Å²) in [6, 6.07) is -1.34. The second-order valence-corrected chi connectivity index (χ2v) is 2.82. The number of rotatable bonds is 5. The van der Waals surface area contributed by atoms with Crippen LogP contribution in [0.5, 0.6) is 0 Å². The monoisotopic (exact) mass is 209 g/mol. The Bertz CT molecular complexity index is 229. The summed E-state index contributed by atoms with van der Waals surface area (Å²) in [6.07, 6.45) is 0. The molecule has 74 valence electrons. The van der Waals surface area contributed by atoms with Crippen LogP contribution in [0.3, 0.4) is 0 Å². The van der Waals surface area contributed by atoms with E-state index in [9.17, 15) is 19.0 Å². The first-order chi connectivity index (χ1) is 5.93. The van der Waals surface area contributed by atoms with Crippen molar-refractivity contribution in [3.63, 3.8) is 0 Å². The zero-order valence-electron chi connectivity index (χ0n) is 6.72. The lowest BCUT2D eigenvalue weighted by atomic mass is 10.3. The van der Waals surface area contributed by atoms with E-state index in [0.29, 0.717) is 0 Å². The highest BCUT2D eigenvalue weighted by Crippen LogP contribution is 2.08. The average Bonchev–Trinajstić information content (AvgIpc) is 1.96. The van der Waals surface area contributed by atoms with Crippen LogP contribution >= 0.6 is 8.25 Å². The van der Waals surface area contributed by atoms with Gasteiger partial charge in [0, 0.05) is 6.92 Å². The van der Waals surface area contributed by atoms with E-state index in [1.165, 1.54) is 0 Å². The minimum absolute atomic E-state index is 0.572. The average molecular weight is 209 g/mol. The van der Waals surface area contributed by atoms with Gasteiger partial charge in [-0.25, -0.2) is 4.79 Å². The molecule has 1 amide bonds. The molecule has 0 rings (SSSR count). The second-order valence-electron chi connectivity index (χ2n) is 2.11. The molecule has 7 nitrogen and oxygen atoms in total. The van der Waals surface area contributed by atoms with E-state index in [1.807, 2.05) is 5.32 Å². The van der Waals surface area contributed by atoms with Crippen LogP contribution in [0.25, 0.3) is 0 Å². The number of carboxylic acid groups (broad SMARTS) is 1. The molecule has 0 fully saturated rings. The highest BCUT2D eigenvalue weighted by Gasteiger charge is 2.21. The van der Waals surface area contributed by atoms with E-state index in [2.05, 4.69) is 4.52 Å². The van der Waals surface area contributed by atoms with Gasteiger partial charge < -0.3 is 15.3 Å². The van der Waals surface area contributed by atoms with Crippen molar-refractivity contribution < 1.29 is 28.7 Å². The lowest BCUT2D eigenvalue weighted by molar-refractivity contribution is -0.186. The minimum atomic E-state index is -3.10. The summed E-state index contributed by atoms with van der Waals surface area (Å²) >= 11 is 0. The van der Waals surface area contributed by atoms with Gasteiger partial charge in [-0.2, -0.15) is 0 Å². The maximum Gasteiger partial charge on any atom is 0.488 e. The van der Waals surface area contributed by atoms with Crippen molar-refractivity contribution in [3.8, 4) is 0 Å². The van der Waals surface area contributed by atoms with Gasteiger partial charge in [0.15, 0.2) is 6.04 Å². The SMILES string of the molecule is CC(=O)N[C@@H](CO[P+](=O)[O-])C(=O)O. The van der Waals surface area contributed by atoms with E-state index in [4.69, 9.17) is 5.11 Å². The lowest BCUT2D eigenvalue weighted by Crippen LogP contribution is -2.42. The van der Waals surface area contributed by atoms with Crippen molar-refractivity contribution >= 4 is 20.1 Å². The topological polar surface area (TPSA) is 116 Å². The van der Waals surface area contributed by atoms with Crippen LogP contribution in [0, 0.1) is 0 Å². The Labute approximate surface area is 74.7 Å². The van der Waals surface area contributed by atoms with Crippen LogP contribution in [-0.2, 0) is 18.7 Å². The molecule has 0 heterocycles. The molecule has 0 saturated heterocycles. The molecule has 0 aromatic rings. The van der Waals surface area contributed by atoms with Gasteiger partial charge >= 0.3 is 14.2 Å². The van der Waals surface area contributed by atoms with Crippen molar-refractivity contribution in [2.24, 2.45) is 0 Å². The lowest BCUT2D eigenvalue weighted by Gasteiger charge is -2.09. The van der Waals surface area contributed by atoms with Gasteiger partial charge in [-0.3, -0.25) is 4.79 Å². The highest BCUT2D eigenvalue weighted by molar-refractivity contribution is 7.30. The summed E-state index contributed by atoms with van der Waals surface area (Å²) in [5.41, 5.74) is 0. The van der Waals surface area contributed by atoms with Crippen LogP contribution in [0.15, 0.2) is 0 Å². The zero-order valence-corrected chi connectivity index (χ0v) is 7.61. The Morgan fingerprint density at radius 3 is 2.54 bits per heavy atom. The van der Waals surface area contributed by atoms with E-state index >= 15 is 0 Å². The molecule has 2 atom stereocenters. The number of carbonyl (C=O) groups is 2. The van der Waals surface area contributed by atoms with E-state index < -0.39 is 32.8 Å². The molecule has 0 aliphatic heterocycles. The Balaban J connectivity index is 4.02. The summed E-state index contributed by atoms with van der Waals surface area (Å²) in [5.74, 6) is -1.93. The first-order valence-corrected chi connectivity index (χ1v) is 4.30.